The van der Waals surface area contributed by atoms with Crippen LogP contribution in [0, 0.1) is 0 Å². The molecule has 1 aromatic heterocycles. The van der Waals surface area contributed by atoms with Gasteiger partial charge in [0, 0.05) is 32.1 Å². The molecule has 0 amide bonds. The molecule has 0 aromatic carbocycles. The lowest BCUT2D eigenvalue weighted by molar-refractivity contribution is 0.591. The summed E-state index contributed by atoms with van der Waals surface area (Å²) in [5.41, 5.74) is 0.731. The average molecular weight is 229 g/mol. The first-order chi connectivity index (χ1) is 6.84. The Morgan fingerprint density at radius 3 is 2.33 bits per heavy atom. The number of nitrogens with zero attached hydrogens (tertiary/aromatic N) is 3. The first-order valence-electron chi connectivity index (χ1n) is 4.60. The van der Waals surface area contributed by atoms with E-state index >= 15 is 0 Å². The summed E-state index contributed by atoms with van der Waals surface area (Å²) in [6.07, 6.45) is 1.80. The van der Waals surface area contributed by atoms with Crippen LogP contribution < -0.4 is 4.90 Å². The number of sulfone groups is 1. The Kier molecular flexibility index (Phi) is 3.28. The summed E-state index contributed by atoms with van der Waals surface area (Å²) in [6.45, 7) is 1.92. The third-order valence-corrected chi connectivity index (χ3v) is 2.74. The van der Waals surface area contributed by atoms with E-state index in [0.29, 0.717) is 12.2 Å². The fourth-order valence-corrected chi connectivity index (χ4v) is 1.58. The average Bonchev–Trinajstić information content (AvgIpc) is 2.15. The Hall–Kier alpha value is -1.17. The van der Waals surface area contributed by atoms with E-state index in [1.54, 1.807) is 11.0 Å². The van der Waals surface area contributed by atoms with Crippen LogP contribution in [0.25, 0.3) is 0 Å². The Bertz CT molecular complexity index is 454. The minimum atomic E-state index is -3.34. The van der Waals surface area contributed by atoms with E-state index in [0.717, 1.165) is 11.9 Å². The molecule has 0 saturated carbocycles. The fraction of sp³-hybridized carbons (Fsp3) is 0.556. The smallest absolute Gasteiger partial charge is 0.248 e. The van der Waals surface area contributed by atoms with Gasteiger partial charge in [0.2, 0.25) is 15.0 Å². The summed E-state index contributed by atoms with van der Waals surface area (Å²) in [6, 6.07) is 1.79. The molecule has 0 aliphatic carbocycles. The van der Waals surface area contributed by atoms with Crippen LogP contribution in [0.3, 0.4) is 0 Å². The molecule has 0 spiro atoms. The molecule has 0 saturated heterocycles. The number of hydrogen-bond acceptors (Lipinski definition) is 5. The molecule has 15 heavy (non-hydrogen) atoms. The highest BCUT2D eigenvalue weighted by Gasteiger charge is 2.14. The SMILES string of the molecule is CCc1cc(N(C)C)nc(S(C)(=O)=O)n1. The lowest BCUT2D eigenvalue weighted by Gasteiger charge is -2.12. The molecule has 84 valence electrons. The van der Waals surface area contributed by atoms with Crippen LogP contribution in [0.4, 0.5) is 5.82 Å². The number of rotatable bonds is 3. The Labute approximate surface area is 90.1 Å². The van der Waals surface area contributed by atoms with Gasteiger partial charge >= 0.3 is 0 Å². The van der Waals surface area contributed by atoms with Gasteiger partial charge in [0.05, 0.1) is 0 Å². The van der Waals surface area contributed by atoms with Gasteiger partial charge in [-0.3, -0.25) is 0 Å². The molecule has 0 atom stereocenters. The van der Waals surface area contributed by atoms with Crippen molar-refractivity contribution in [2.45, 2.75) is 18.5 Å². The maximum absolute atomic E-state index is 11.3. The predicted molar refractivity (Wildman–Crippen MR) is 58.8 cm³/mol. The summed E-state index contributed by atoms with van der Waals surface area (Å²) in [5.74, 6) is 0.613. The first kappa shape index (κ1) is 11.9. The molecule has 0 aliphatic heterocycles. The molecule has 0 unspecified atom stereocenters. The minimum Gasteiger partial charge on any atom is -0.363 e. The highest BCUT2D eigenvalue weighted by Crippen LogP contribution is 2.13. The van der Waals surface area contributed by atoms with Crippen molar-refractivity contribution in [1.82, 2.24) is 9.97 Å². The van der Waals surface area contributed by atoms with Crippen LogP contribution in [0.15, 0.2) is 11.2 Å². The van der Waals surface area contributed by atoms with Gasteiger partial charge < -0.3 is 4.90 Å². The van der Waals surface area contributed by atoms with Gasteiger partial charge in [0.1, 0.15) is 5.82 Å². The van der Waals surface area contributed by atoms with Crippen LogP contribution in [0.2, 0.25) is 0 Å². The van der Waals surface area contributed by atoms with Crippen molar-refractivity contribution in [1.29, 1.82) is 0 Å². The summed E-state index contributed by atoms with van der Waals surface area (Å²) in [4.78, 5) is 9.72. The van der Waals surface area contributed by atoms with Crippen molar-refractivity contribution < 1.29 is 8.42 Å². The Morgan fingerprint density at radius 1 is 1.33 bits per heavy atom. The van der Waals surface area contributed by atoms with Crippen molar-refractivity contribution in [2.75, 3.05) is 25.3 Å². The van der Waals surface area contributed by atoms with Crippen molar-refractivity contribution in [2.24, 2.45) is 0 Å². The molecule has 0 aliphatic rings. The molecule has 0 bridgehead atoms. The standard InChI is InChI=1S/C9H15N3O2S/c1-5-7-6-8(12(2)3)11-9(10-7)15(4,13)14/h6H,5H2,1-4H3. The number of anilines is 1. The fourth-order valence-electron chi connectivity index (χ4n) is 1.04. The lowest BCUT2D eigenvalue weighted by atomic mass is 10.3. The molecule has 5 nitrogen and oxygen atoms in total. The molecule has 1 heterocycles. The van der Waals surface area contributed by atoms with E-state index in [2.05, 4.69) is 9.97 Å². The Morgan fingerprint density at radius 2 is 1.93 bits per heavy atom. The number of aryl methyl sites for hydroxylation is 1. The van der Waals surface area contributed by atoms with E-state index in [1.165, 1.54) is 0 Å². The summed E-state index contributed by atoms with van der Waals surface area (Å²) in [7, 11) is 0.286. The van der Waals surface area contributed by atoms with Gasteiger partial charge in [-0.2, -0.15) is 0 Å². The van der Waals surface area contributed by atoms with Gasteiger partial charge in [0.25, 0.3) is 0 Å². The zero-order valence-corrected chi connectivity index (χ0v) is 10.2. The van der Waals surface area contributed by atoms with Gasteiger partial charge in [-0.15, -0.1) is 0 Å². The third-order valence-electron chi connectivity index (χ3n) is 1.90. The van der Waals surface area contributed by atoms with Gasteiger partial charge in [0.15, 0.2) is 0 Å². The van der Waals surface area contributed by atoms with E-state index in [-0.39, 0.29) is 5.16 Å². The largest absolute Gasteiger partial charge is 0.363 e. The topological polar surface area (TPSA) is 63.2 Å². The summed E-state index contributed by atoms with van der Waals surface area (Å²) in [5, 5.41) is -0.106. The van der Waals surface area contributed by atoms with Gasteiger partial charge in [-0.25, -0.2) is 18.4 Å². The van der Waals surface area contributed by atoms with Crippen molar-refractivity contribution >= 4 is 15.7 Å². The monoisotopic (exact) mass is 229 g/mol. The van der Waals surface area contributed by atoms with E-state index in [1.807, 2.05) is 21.0 Å². The van der Waals surface area contributed by atoms with Crippen LogP contribution in [-0.2, 0) is 16.3 Å². The lowest BCUT2D eigenvalue weighted by Crippen LogP contribution is -2.15. The molecular weight excluding hydrogens is 214 g/mol. The quantitative estimate of drug-likeness (QED) is 0.707. The maximum Gasteiger partial charge on any atom is 0.248 e. The second-order valence-electron chi connectivity index (χ2n) is 3.52. The van der Waals surface area contributed by atoms with E-state index < -0.39 is 9.84 Å². The zero-order valence-electron chi connectivity index (χ0n) is 9.35. The third kappa shape index (κ3) is 2.89. The van der Waals surface area contributed by atoms with Crippen LogP contribution in [0.5, 0.6) is 0 Å². The highest BCUT2D eigenvalue weighted by molar-refractivity contribution is 7.90. The molecule has 6 heteroatoms. The molecule has 0 N–H and O–H groups in total. The van der Waals surface area contributed by atoms with Crippen molar-refractivity contribution in [3.8, 4) is 0 Å². The van der Waals surface area contributed by atoms with E-state index in [4.69, 9.17) is 0 Å². The molecule has 1 rings (SSSR count). The first-order valence-corrected chi connectivity index (χ1v) is 6.49. The molecule has 0 fully saturated rings. The second kappa shape index (κ2) is 4.14. The second-order valence-corrected chi connectivity index (χ2v) is 5.43. The van der Waals surface area contributed by atoms with Crippen molar-refractivity contribution in [3.05, 3.63) is 11.8 Å². The zero-order chi connectivity index (χ0) is 11.6. The maximum atomic E-state index is 11.3. The summed E-state index contributed by atoms with van der Waals surface area (Å²) < 4.78 is 22.7. The van der Waals surface area contributed by atoms with Gasteiger partial charge in [-0.05, 0) is 6.42 Å². The molecule has 0 radical (unpaired) electrons. The van der Waals surface area contributed by atoms with Crippen LogP contribution in [0.1, 0.15) is 12.6 Å². The normalized spacial score (nSPS) is 11.5. The highest BCUT2D eigenvalue weighted by atomic mass is 32.2. The predicted octanol–water partition coefficient (Wildman–Crippen LogP) is 0.508. The Balaban J connectivity index is 3.36. The molecule has 1 aromatic rings. The van der Waals surface area contributed by atoms with Gasteiger partial charge in [-0.1, -0.05) is 6.92 Å². The van der Waals surface area contributed by atoms with Crippen LogP contribution >= 0.6 is 0 Å². The number of hydrogen-bond donors (Lipinski definition) is 0. The number of aromatic nitrogens is 2. The van der Waals surface area contributed by atoms with E-state index in [9.17, 15) is 8.42 Å². The van der Waals surface area contributed by atoms with Crippen LogP contribution in [-0.4, -0.2) is 38.7 Å². The summed E-state index contributed by atoms with van der Waals surface area (Å²) >= 11 is 0. The van der Waals surface area contributed by atoms with Crippen molar-refractivity contribution in [3.63, 3.8) is 0 Å². The molecular formula is C9H15N3O2S. The minimum absolute atomic E-state index is 0.106.